The second-order valence-corrected chi connectivity index (χ2v) is 8.15. The number of nitrogens with one attached hydrogen (secondary N) is 2. The van der Waals surface area contributed by atoms with E-state index in [1.807, 2.05) is 26.8 Å². The summed E-state index contributed by atoms with van der Waals surface area (Å²) >= 11 is 0. The van der Waals surface area contributed by atoms with Gasteiger partial charge in [-0.1, -0.05) is 12.1 Å². The number of aliphatic imine (C=N–C) groups is 1. The molecule has 2 rings (SSSR count). The summed E-state index contributed by atoms with van der Waals surface area (Å²) in [6, 6.07) is 6.52. The molecule has 0 unspecified atom stereocenters. The third-order valence-corrected chi connectivity index (χ3v) is 4.54. The highest BCUT2D eigenvalue weighted by atomic mass is 127. The summed E-state index contributed by atoms with van der Waals surface area (Å²) in [5.74, 6) is 0.461. The standard InChI is InChI=1S/C21H34FN5O2.HI/c1-21(2,3)29-20(28)27-13-11-26(12-14-27)10-6-9-24-19(23-4)25-16-17-7-5-8-18(22)15-17;/h5,7-8,15H,6,9-14,16H2,1-4H3,(H2,23,24,25);1H. The number of benzene rings is 1. The molecule has 0 spiro atoms. The van der Waals surface area contributed by atoms with Crippen molar-refractivity contribution in [3.63, 3.8) is 0 Å². The lowest BCUT2D eigenvalue weighted by molar-refractivity contribution is 0.0145. The van der Waals surface area contributed by atoms with E-state index in [0.717, 1.165) is 38.2 Å². The molecule has 0 atom stereocenters. The summed E-state index contributed by atoms with van der Waals surface area (Å²) in [5, 5.41) is 6.47. The fraction of sp³-hybridized carbons (Fsp3) is 0.619. The minimum absolute atomic E-state index is 0. The number of nitrogens with zero attached hydrogens (tertiary/aromatic N) is 3. The van der Waals surface area contributed by atoms with E-state index >= 15 is 0 Å². The van der Waals surface area contributed by atoms with E-state index in [1.165, 1.54) is 12.1 Å². The molecule has 7 nitrogen and oxygen atoms in total. The van der Waals surface area contributed by atoms with Gasteiger partial charge in [-0.05, 0) is 51.4 Å². The highest BCUT2D eigenvalue weighted by Crippen LogP contribution is 2.12. The summed E-state index contributed by atoms with van der Waals surface area (Å²) in [5.41, 5.74) is 0.414. The molecule has 170 valence electrons. The molecule has 1 amide bonds. The van der Waals surface area contributed by atoms with Crippen LogP contribution in [0.5, 0.6) is 0 Å². The number of piperazine rings is 1. The molecule has 0 aromatic heterocycles. The van der Waals surface area contributed by atoms with Crippen LogP contribution in [0.15, 0.2) is 29.3 Å². The van der Waals surface area contributed by atoms with E-state index in [9.17, 15) is 9.18 Å². The van der Waals surface area contributed by atoms with Crippen molar-refractivity contribution in [2.75, 3.05) is 46.3 Å². The van der Waals surface area contributed by atoms with Gasteiger partial charge in [0.05, 0.1) is 0 Å². The van der Waals surface area contributed by atoms with Gasteiger partial charge in [0.1, 0.15) is 11.4 Å². The van der Waals surface area contributed by atoms with E-state index in [-0.39, 0.29) is 35.9 Å². The Morgan fingerprint density at radius 2 is 1.90 bits per heavy atom. The summed E-state index contributed by atoms with van der Waals surface area (Å²) in [6.07, 6.45) is 0.736. The van der Waals surface area contributed by atoms with Crippen molar-refractivity contribution >= 4 is 36.0 Å². The van der Waals surface area contributed by atoms with Gasteiger partial charge in [-0.25, -0.2) is 9.18 Å². The van der Waals surface area contributed by atoms with Gasteiger partial charge in [0.2, 0.25) is 0 Å². The first kappa shape index (κ1) is 26.4. The lowest BCUT2D eigenvalue weighted by Crippen LogP contribution is -2.50. The zero-order valence-corrected chi connectivity index (χ0v) is 20.7. The summed E-state index contributed by atoms with van der Waals surface area (Å²) in [4.78, 5) is 20.4. The topological polar surface area (TPSA) is 69.2 Å². The largest absolute Gasteiger partial charge is 0.444 e. The number of rotatable bonds is 6. The van der Waals surface area contributed by atoms with Crippen LogP contribution in [0.1, 0.15) is 32.8 Å². The molecule has 1 aliphatic rings. The molecule has 0 saturated carbocycles. The van der Waals surface area contributed by atoms with Crippen molar-refractivity contribution in [2.45, 2.75) is 39.3 Å². The average Bonchev–Trinajstić information content (AvgIpc) is 2.66. The molecular weight excluding hydrogens is 500 g/mol. The Morgan fingerprint density at radius 1 is 1.20 bits per heavy atom. The first-order valence-corrected chi connectivity index (χ1v) is 10.2. The maximum absolute atomic E-state index is 13.2. The van der Waals surface area contributed by atoms with Gasteiger partial charge < -0.3 is 20.3 Å². The molecule has 1 aromatic carbocycles. The van der Waals surface area contributed by atoms with Crippen molar-refractivity contribution in [2.24, 2.45) is 4.99 Å². The first-order valence-electron chi connectivity index (χ1n) is 10.2. The molecule has 9 heteroatoms. The fourth-order valence-electron chi connectivity index (χ4n) is 3.04. The van der Waals surface area contributed by atoms with Crippen molar-refractivity contribution in [1.29, 1.82) is 0 Å². The van der Waals surface area contributed by atoms with Gasteiger partial charge in [-0.15, -0.1) is 24.0 Å². The third-order valence-electron chi connectivity index (χ3n) is 4.54. The lowest BCUT2D eigenvalue weighted by atomic mass is 10.2. The number of hydrogen-bond acceptors (Lipinski definition) is 4. The lowest BCUT2D eigenvalue weighted by Gasteiger charge is -2.35. The fourth-order valence-corrected chi connectivity index (χ4v) is 3.04. The molecule has 2 N–H and O–H groups in total. The van der Waals surface area contributed by atoms with Gasteiger partial charge in [0, 0.05) is 46.3 Å². The molecule has 0 radical (unpaired) electrons. The van der Waals surface area contributed by atoms with Gasteiger partial charge in [0.25, 0.3) is 0 Å². The van der Waals surface area contributed by atoms with Crippen LogP contribution in [-0.2, 0) is 11.3 Å². The second-order valence-electron chi connectivity index (χ2n) is 8.15. The van der Waals surface area contributed by atoms with Crippen LogP contribution >= 0.6 is 24.0 Å². The zero-order chi connectivity index (χ0) is 21.3. The van der Waals surface area contributed by atoms with Crippen molar-refractivity contribution in [3.8, 4) is 0 Å². The first-order chi connectivity index (χ1) is 13.8. The van der Waals surface area contributed by atoms with Crippen LogP contribution in [0.25, 0.3) is 0 Å². The molecule has 1 saturated heterocycles. The van der Waals surface area contributed by atoms with Crippen LogP contribution in [0.2, 0.25) is 0 Å². The van der Waals surface area contributed by atoms with Gasteiger partial charge >= 0.3 is 6.09 Å². The Kier molecular flexibility index (Phi) is 11.4. The molecule has 1 fully saturated rings. The number of carbonyl (C=O) groups is 1. The number of ether oxygens (including phenoxy) is 1. The van der Waals surface area contributed by atoms with Crippen LogP contribution in [0, 0.1) is 5.82 Å². The highest BCUT2D eigenvalue weighted by molar-refractivity contribution is 14.0. The van der Waals surface area contributed by atoms with E-state index < -0.39 is 5.60 Å². The minimum Gasteiger partial charge on any atom is -0.444 e. The molecular formula is C21H35FIN5O2. The number of guanidine groups is 1. The van der Waals surface area contributed by atoms with Crippen LogP contribution < -0.4 is 10.6 Å². The van der Waals surface area contributed by atoms with Crippen molar-refractivity contribution < 1.29 is 13.9 Å². The molecule has 1 aromatic rings. The van der Waals surface area contributed by atoms with Crippen LogP contribution in [0.3, 0.4) is 0 Å². The molecule has 0 aliphatic carbocycles. The quantitative estimate of drug-likeness (QED) is 0.254. The van der Waals surface area contributed by atoms with Crippen LogP contribution in [-0.4, -0.2) is 73.8 Å². The van der Waals surface area contributed by atoms with Crippen LogP contribution in [0.4, 0.5) is 9.18 Å². The maximum atomic E-state index is 13.2. The Bertz CT molecular complexity index is 688. The Hall–Kier alpha value is -1.62. The predicted molar refractivity (Wildman–Crippen MR) is 129 cm³/mol. The smallest absolute Gasteiger partial charge is 0.410 e. The van der Waals surface area contributed by atoms with Gasteiger partial charge in [0.15, 0.2) is 5.96 Å². The van der Waals surface area contributed by atoms with E-state index in [2.05, 4.69) is 20.5 Å². The Balaban J connectivity index is 0.00000450. The third kappa shape index (κ3) is 9.92. The summed E-state index contributed by atoms with van der Waals surface area (Å²) < 4.78 is 18.7. The molecule has 1 heterocycles. The second kappa shape index (κ2) is 12.9. The Morgan fingerprint density at radius 3 is 2.50 bits per heavy atom. The monoisotopic (exact) mass is 535 g/mol. The number of amides is 1. The summed E-state index contributed by atoms with van der Waals surface area (Å²) in [7, 11) is 1.72. The SMILES string of the molecule is CN=C(NCCCN1CCN(C(=O)OC(C)(C)C)CC1)NCc1cccc(F)c1.I. The molecule has 30 heavy (non-hydrogen) atoms. The normalized spacial score (nSPS) is 15.4. The summed E-state index contributed by atoms with van der Waals surface area (Å²) in [6.45, 7) is 11.0. The maximum Gasteiger partial charge on any atom is 0.410 e. The predicted octanol–water partition coefficient (Wildman–Crippen LogP) is 3.05. The highest BCUT2D eigenvalue weighted by Gasteiger charge is 2.25. The van der Waals surface area contributed by atoms with Gasteiger partial charge in [-0.2, -0.15) is 0 Å². The number of halogens is 2. The van der Waals surface area contributed by atoms with Crippen molar-refractivity contribution in [1.82, 2.24) is 20.4 Å². The average molecular weight is 535 g/mol. The zero-order valence-electron chi connectivity index (χ0n) is 18.4. The molecule has 0 bridgehead atoms. The number of hydrogen-bond donors (Lipinski definition) is 2. The van der Waals surface area contributed by atoms with E-state index in [4.69, 9.17) is 4.74 Å². The Labute approximate surface area is 196 Å². The van der Waals surface area contributed by atoms with E-state index in [1.54, 1.807) is 18.0 Å². The number of carbonyl (C=O) groups excluding carboxylic acids is 1. The minimum atomic E-state index is -0.457. The molecule has 1 aliphatic heterocycles. The van der Waals surface area contributed by atoms with E-state index in [0.29, 0.717) is 25.6 Å². The van der Waals surface area contributed by atoms with Gasteiger partial charge in [-0.3, -0.25) is 9.89 Å². The van der Waals surface area contributed by atoms with Crippen molar-refractivity contribution in [3.05, 3.63) is 35.6 Å².